The van der Waals surface area contributed by atoms with Crippen molar-refractivity contribution in [3.8, 4) is 0 Å². The van der Waals surface area contributed by atoms with Crippen LogP contribution in [0.3, 0.4) is 0 Å². The number of fused-ring (bicyclic) bond motifs is 1. The number of hydrogen-bond donors (Lipinski definition) is 0. The standard InChI is InChI=1S/C9H7N.NO3/c1-2-6-9-8(4-1)5-3-7-10-9;2-1(3)4/h1-7H;/q;-1/p+1. The van der Waals surface area contributed by atoms with E-state index in [4.69, 9.17) is 15.3 Å². The quantitative estimate of drug-likeness (QED) is 0.467. The molecule has 5 heteroatoms. The monoisotopic (exact) mass is 192 g/mol. The highest BCUT2D eigenvalue weighted by Crippen LogP contribution is 2.04. The third-order valence-corrected chi connectivity index (χ3v) is 1.57. The second-order valence-electron chi connectivity index (χ2n) is 2.48. The van der Waals surface area contributed by atoms with E-state index in [1.54, 1.807) is 0 Å². The predicted octanol–water partition coefficient (Wildman–Crippen LogP) is 1.41. The Morgan fingerprint density at radius 2 is 1.64 bits per heavy atom. The first kappa shape index (κ1) is 9.91. The Morgan fingerprint density at radius 3 is 2.29 bits per heavy atom. The van der Waals surface area contributed by atoms with E-state index in [0.717, 1.165) is 0 Å². The van der Waals surface area contributed by atoms with Crippen LogP contribution in [0.4, 0.5) is 0 Å². The molecule has 0 saturated carbocycles. The molecule has 0 aliphatic rings. The third-order valence-electron chi connectivity index (χ3n) is 1.57. The maximum atomic E-state index is 8.25. The zero-order chi connectivity index (χ0) is 10.4. The highest BCUT2D eigenvalue weighted by molar-refractivity contribution is 5.74. The van der Waals surface area contributed by atoms with Crippen molar-refractivity contribution in [3.63, 3.8) is 0 Å². The zero-order valence-electron chi connectivity index (χ0n) is 7.21. The van der Waals surface area contributed by atoms with Crippen LogP contribution in [0.15, 0.2) is 42.6 Å². The van der Waals surface area contributed by atoms with Gasteiger partial charge in [0.25, 0.3) is 0 Å². The third kappa shape index (κ3) is 3.06. The average Bonchev–Trinajstić information content (AvgIpc) is 2.17. The van der Waals surface area contributed by atoms with E-state index >= 15 is 0 Å². The second-order valence-corrected chi connectivity index (χ2v) is 2.48. The number of rotatable bonds is 0. The van der Waals surface area contributed by atoms with Gasteiger partial charge in [-0.15, -0.1) is 0 Å². The van der Waals surface area contributed by atoms with E-state index in [-0.39, 0.29) is 0 Å². The Balaban J connectivity index is 0.000000213. The van der Waals surface area contributed by atoms with Gasteiger partial charge in [-0.05, 0) is 12.1 Å². The topological polar surface area (TPSA) is 80.3 Å². The van der Waals surface area contributed by atoms with Crippen LogP contribution in [0.5, 0.6) is 0 Å². The summed E-state index contributed by atoms with van der Waals surface area (Å²) in [6.07, 6.45) is 1.93. The maximum Gasteiger partial charge on any atom is 0.210 e. The summed E-state index contributed by atoms with van der Waals surface area (Å²) in [5.41, 5.74) is 1.19. The molecule has 5 nitrogen and oxygen atoms in total. The highest BCUT2D eigenvalue weighted by atomic mass is 16.9. The van der Waals surface area contributed by atoms with Crippen molar-refractivity contribution in [3.05, 3.63) is 57.9 Å². The minimum atomic E-state index is -1.75. The lowest BCUT2D eigenvalue weighted by Gasteiger charge is -1.85. The summed E-state index contributed by atoms with van der Waals surface area (Å²) in [6.45, 7) is 0. The van der Waals surface area contributed by atoms with Gasteiger partial charge in [-0.25, -0.2) is 4.98 Å². The fraction of sp³-hybridized carbons (Fsp3) is 0. The summed E-state index contributed by atoms with van der Waals surface area (Å²) >= 11 is 0. The number of nitrogens with one attached hydrogen (secondary N) is 1. The van der Waals surface area contributed by atoms with Crippen LogP contribution < -0.4 is 4.98 Å². The number of aromatic nitrogens is 1. The van der Waals surface area contributed by atoms with Gasteiger partial charge in [-0.2, -0.15) is 0 Å². The average molecular weight is 192 g/mol. The van der Waals surface area contributed by atoms with Gasteiger partial charge in [0.05, 0.1) is 5.09 Å². The van der Waals surface area contributed by atoms with Crippen molar-refractivity contribution in [2.75, 3.05) is 0 Å². The normalized spacial score (nSPS) is 8.86. The maximum absolute atomic E-state index is 8.25. The van der Waals surface area contributed by atoms with Crippen LogP contribution in [-0.2, 0) is 0 Å². The summed E-state index contributed by atoms with van der Waals surface area (Å²) in [6, 6.07) is 12.3. The summed E-state index contributed by atoms with van der Waals surface area (Å²) in [7, 11) is 0. The number of pyridine rings is 1. The molecule has 14 heavy (non-hydrogen) atoms. The zero-order valence-corrected chi connectivity index (χ0v) is 7.21. The van der Waals surface area contributed by atoms with E-state index < -0.39 is 5.09 Å². The first-order valence-electron chi connectivity index (χ1n) is 3.87. The molecule has 0 amide bonds. The van der Waals surface area contributed by atoms with E-state index in [1.165, 1.54) is 10.9 Å². The molecule has 0 bridgehead atoms. The number of nitrogens with zero attached hydrogens (tertiary/aromatic N) is 1. The van der Waals surface area contributed by atoms with E-state index in [9.17, 15) is 0 Å². The minimum absolute atomic E-state index is 1.19. The molecule has 0 radical (unpaired) electrons. The van der Waals surface area contributed by atoms with Crippen LogP contribution in [0.2, 0.25) is 0 Å². The molecule has 2 rings (SSSR count). The molecule has 0 spiro atoms. The minimum Gasteiger partial charge on any atom is -0.356 e. The molecule has 0 atom stereocenters. The van der Waals surface area contributed by atoms with Crippen LogP contribution in [0.1, 0.15) is 0 Å². The molecule has 1 aromatic carbocycles. The Morgan fingerprint density at radius 1 is 1.07 bits per heavy atom. The van der Waals surface area contributed by atoms with Crippen LogP contribution in [0, 0.1) is 15.3 Å². The number of H-pyrrole nitrogens is 1. The predicted molar refractivity (Wildman–Crippen MR) is 50.9 cm³/mol. The van der Waals surface area contributed by atoms with Crippen LogP contribution in [-0.4, -0.2) is 5.09 Å². The van der Waals surface area contributed by atoms with Gasteiger partial charge in [0.2, 0.25) is 5.52 Å². The van der Waals surface area contributed by atoms with Gasteiger partial charge in [0.15, 0.2) is 6.20 Å². The summed E-state index contributed by atoms with van der Waals surface area (Å²) < 4.78 is 0. The molecule has 0 aliphatic carbocycles. The van der Waals surface area contributed by atoms with Crippen molar-refractivity contribution in [1.29, 1.82) is 0 Å². The molecule has 0 aliphatic heterocycles. The van der Waals surface area contributed by atoms with E-state index in [0.29, 0.717) is 0 Å². The summed E-state index contributed by atoms with van der Waals surface area (Å²) in [4.78, 5) is 11.4. The van der Waals surface area contributed by atoms with Crippen molar-refractivity contribution >= 4 is 10.9 Å². The van der Waals surface area contributed by atoms with E-state index in [2.05, 4.69) is 23.2 Å². The Hall–Kier alpha value is -2.17. The van der Waals surface area contributed by atoms with Gasteiger partial charge in [-0.3, -0.25) is 0 Å². The molecular formula is C9H8N2O3. The van der Waals surface area contributed by atoms with Crippen molar-refractivity contribution in [1.82, 2.24) is 0 Å². The van der Waals surface area contributed by atoms with Crippen molar-refractivity contribution in [2.45, 2.75) is 0 Å². The smallest absolute Gasteiger partial charge is 0.210 e. The Labute approximate surface area is 79.7 Å². The molecule has 0 fully saturated rings. The fourth-order valence-corrected chi connectivity index (χ4v) is 1.06. The van der Waals surface area contributed by atoms with Gasteiger partial charge in [0, 0.05) is 17.5 Å². The molecule has 1 heterocycles. The molecule has 0 unspecified atom stereocenters. The number of hydrogen-bond acceptors (Lipinski definition) is 3. The SMILES string of the molecule is O=[N+]([O-])[O-].c1ccc2[nH+]cccc2c1. The summed E-state index contributed by atoms with van der Waals surface area (Å²) in [5, 5.41) is 16.0. The van der Waals surface area contributed by atoms with Gasteiger partial charge >= 0.3 is 0 Å². The first-order valence-corrected chi connectivity index (χ1v) is 3.87. The largest absolute Gasteiger partial charge is 0.356 e. The number of para-hydroxylation sites is 1. The lowest BCUT2D eigenvalue weighted by atomic mass is 10.2. The first-order chi connectivity index (χ1) is 6.70. The highest BCUT2D eigenvalue weighted by Gasteiger charge is 1.92. The van der Waals surface area contributed by atoms with Gasteiger partial charge in [-0.1, -0.05) is 12.1 Å². The van der Waals surface area contributed by atoms with Crippen molar-refractivity contribution in [2.24, 2.45) is 0 Å². The van der Waals surface area contributed by atoms with E-state index in [1.807, 2.05) is 24.4 Å². The molecule has 1 aromatic heterocycles. The molecule has 1 N–H and O–H groups in total. The number of benzene rings is 1. The van der Waals surface area contributed by atoms with Gasteiger partial charge in [0.1, 0.15) is 0 Å². The van der Waals surface area contributed by atoms with Crippen molar-refractivity contribution < 1.29 is 10.1 Å². The summed E-state index contributed by atoms with van der Waals surface area (Å²) in [5.74, 6) is 0. The number of aromatic amines is 1. The lowest BCUT2D eigenvalue weighted by Crippen LogP contribution is -1.99. The molecule has 0 saturated heterocycles. The van der Waals surface area contributed by atoms with Crippen LogP contribution in [0.25, 0.3) is 10.9 Å². The van der Waals surface area contributed by atoms with Crippen LogP contribution >= 0.6 is 0 Å². The molecule has 72 valence electrons. The Bertz CT molecular complexity index is 362. The molecule has 2 aromatic rings. The lowest BCUT2D eigenvalue weighted by molar-refractivity contribution is -0.402. The Kier molecular flexibility index (Phi) is 3.37. The van der Waals surface area contributed by atoms with Gasteiger partial charge < -0.3 is 15.3 Å². The second kappa shape index (κ2) is 4.76. The molecular weight excluding hydrogens is 184 g/mol. The fourth-order valence-electron chi connectivity index (χ4n) is 1.06.